The molecule has 0 unspecified atom stereocenters. The monoisotopic (exact) mass is 295 g/mol. The molecule has 4 nitrogen and oxygen atoms in total. The lowest BCUT2D eigenvalue weighted by atomic mass is 10.1. The summed E-state index contributed by atoms with van der Waals surface area (Å²) in [5.41, 5.74) is 0.411. The third-order valence-corrected chi connectivity index (χ3v) is 3.05. The summed E-state index contributed by atoms with van der Waals surface area (Å²) in [5.74, 6) is 1.57. The number of ether oxygens (including phenoxy) is 2. The summed E-state index contributed by atoms with van der Waals surface area (Å²) < 4.78 is 11.1. The predicted octanol–water partition coefficient (Wildman–Crippen LogP) is 3.12. The maximum atomic E-state index is 9.76. The molecule has 2 N–H and O–H groups in total. The molecule has 1 rings (SSSR count). The first-order chi connectivity index (χ1) is 9.61. The number of benzene rings is 1. The second-order valence-corrected chi connectivity index (χ2v) is 6.99. The Morgan fingerprint density at radius 1 is 1.14 bits per heavy atom. The summed E-state index contributed by atoms with van der Waals surface area (Å²) in [6, 6.07) is 5.84. The molecule has 0 amide bonds. The molecule has 120 valence electrons. The van der Waals surface area contributed by atoms with Gasteiger partial charge < -0.3 is 19.9 Å². The van der Waals surface area contributed by atoms with Crippen LogP contribution in [0.15, 0.2) is 18.2 Å². The van der Waals surface area contributed by atoms with E-state index < -0.39 is 5.60 Å². The van der Waals surface area contributed by atoms with Crippen LogP contribution in [0.25, 0.3) is 0 Å². The number of aliphatic hydroxyl groups is 1. The van der Waals surface area contributed by atoms with Crippen molar-refractivity contribution in [3.05, 3.63) is 23.8 Å². The molecule has 0 aliphatic carbocycles. The highest BCUT2D eigenvalue weighted by Gasteiger charge is 2.15. The van der Waals surface area contributed by atoms with Crippen molar-refractivity contribution in [1.82, 2.24) is 5.32 Å². The summed E-state index contributed by atoms with van der Waals surface area (Å²) >= 11 is 0. The van der Waals surface area contributed by atoms with Crippen molar-refractivity contribution in [2.75, 3.05) is 13.7 Å². The van der Waals surface area contributed by atoms with Crippen LogP contribution in [0.4, 0.5) is 0 Å². The largest absolute Gasteiger partial charge is 0.497 e. The van der Waals surface area contributed by atoms with Crippen molar-refractivity contribution in [2.45, 2.75) is 58.7 Å². The van der Waals surface area contributed by atoms with Gasteiger partial charge in [-0.15, -0.1) is 0 Å². The minimum Gasteiger partial charge on any atom is -0.497 e. The zero-order valence-corrected chi connectivity index (χ0v) is 14.1. The van der Waals surface area contributed by atoms with E-state index >= 15 is 0 Å². The fraction of sp³-hybridized carbons (Fsp3) is 0.647. The maximum Gasteiger partial charge on any atom is 0.127 e. The predicted molar refractivity (Wildman–Crippen MR) is 86.0 cm³/mol. The van der Waals surface area contributed by atoms with Crippen molar-refractivity contribution >= 4 is 0 Å². The lowest BCUT2D eigenvalue weighted by molar-refractivity contribution is 0.0551. The second kappa shape index (κ2) is 7.14. The Kier molecular flexibility index (Phi) is 6.05. The summed E-state index contributed by atoms with van der Waals surface area (Å²) in [7, 11) is 1.64. The van der Waals surface area contributed by atoms with Gasteiger partial charge in [0.05, 0.1) is 19.3 Å². The SMILES string of the molecule is COc1ccc(CNC(C)(C)C)c(OCCC(C)(C)O)c1. The molecular formula is C17H29NO3. The average Bonchev–Trinajstić information content (AvgIpc) is 2.34. The topological polar surface area (TPSA) is 50.7 Å². The molecule has 0 aromatic heterocycles. The van der Waals surface area contributed by atoms with Crippen LogP contribution in [-0.2, 0) is 6.54 Å². The molecule has 0 heterocycles. The molecule has 0 radical (unpaired) electrons. The molecule has 4 heteroatoms. The van der Waals surface area contributed by atoms with Gasteiger partial charge in [-0.05, 0) is 40.7 Å². The Bertz CT molecular complexity index is 444. The molecule has 0 atom stereocenters. The van der Waals surface area contributed by atoms with Gasteiger partial charge in [-0.25, -0.2) is 0 Å². The molecule has 0 saturated carbocycles. The van der Waals surface area contributed by atoms with E-state index in [1.165, 1.54) is 0 Å². The highest BCUT2D eigenvalue weighted by atomic mass is 16.5. The summed E-state index contributed by atoms with van der Waals surface area (Å²) in [5, 5.41) is 13.2. The number of hydrogen-bond acceptors (Lipinski definition) is 4. The summed E-state index contributed by atoms with van der Waals surface area (Å²) in [6.45, 7) is 11.2. The van der Waals surface area contributed by atoms with E-state index in [1.54, 1.807) is 21.0 Å². The third-order valence-electron chi connectivity index (χ3n) is 3.05. The fourth-order valence-corrected chi connectivity index (χ4v) is 1.71. The standard InChI is InChI=1S/C17H29NO3/c1-16(2,3)18-12-13-7-8-14(20-6)11-15(13)21-10-9-17(4,5)19/h7-8,11,18-19H,9-10,12H2,1-6H3. The number of rotatable bonds is 7. The zero-order chi connectivity index (χ0) is 16.1. The zero-order valence-electron chi connectivity index (χ0n) is 14.1. The number of methoxy groups -OCH3 is 1. The van der Waals surface area contributed by atoms with E-state index in [4.69, 9.17) is 9.47 Å². The summed E-state index contributed by atoms with van der Waals surface area (Å²) in [6.07, 6.45) is 0.580. The van der Waals surface area contributed by atoms with Crippen LogP contribution in [0.2, 0.25) is 0 Å². The van der Waals surface area contributed by atoms with Gasteiger partial charge >= 0.3 is 0 Å². The van der Waals surface area contributed by atoms with Crippen molar-refractivity contribution in [3.8, 4) is 11.5 Å². The normalized spacial score (nSPS) is 12.3. The minimum absolute atomic E-state index is 0.0459. The lowest BCUT2D eigenvalue weighted by Crippen LogP contribution is -2.35. The molecule has 0 spiro atoms. The molecule has 0 aliphatic rings. The molecule has 21 heavy (non-hydrogen) atoms. The molecular weight excluding hydrogens is 266 g/mol. The van der Waals surface area contributed by atoms with Gasteiger partial charge in [0.15, 0.2) is 0 Å². The molecule has 1 aromatic rings. The van der Waals surface area contributed by atoms with Gasteiger partial charge in [0, 0.05) is 30.1 Å². The first-order valence-electron chi connectivity index (χ1n) is 7.38. The van der Waals surface area contributed by atoms with E-state index in [0.717, 1.165) is 23.6 Å². The Morgan fingerprint density at radius 2 is 1.81 bits per heavy atom. The second-order valence-electron chi connectivity index (χ2n) is 6.99. The van der Waals surface area contributed by atoms with Crippen molar-refractivity contribution in [1.29, 1.82) is 0 Å². The van der Waals surface area contributed by atoms with Crippen molar-refractivity contribution in [2.24, 2.45) is 0 Å². The van der Waals surface area contributed by atoms with Crippen LogP contribution in [-0.4, -0.2) is 30.0 Å². The van der Waals surface area contributed by atoms with Gasteiger partial charge in [-0.3, -0.25) is 0 Å². The first-order valence-corrected chi connectivity index (χ1v) is 7.38. The number of nitrogens with one attached hydrogen (secondary N) is 1. The Labute approximate surface area is 128 Å². The molecule has 0 fully saturated rings. The van der Waals surface area contributed by atoms with E-state index in [2.05, 4.69) is 26.1 Å². The van der Waals surface area contributed by atoms with E-state index in [1.807, 2.05) is 18.2 Å². The van der Waals surface area contributed by atoms with Gasteiger partial charge in [-0.2, -0.15) is 0 Å². The summed E-state index contributed by atoms with van der Waals surface area (Å²) in [4.78, 5) is 0. The van der Waals surface area contributed by atoms with Crippen molar-refractivity contribution in [3.63, 3.8) is 0 Å². The van der Waals surface area contributed by atoms with Gasteiger partial charge in [0.1, 0.15) is 11.5 Å². The first kappa shape index (κ1) is 17.8. The third kappa shape index (κ3) is 7.34. The fourth-order valence-electron chi connectivity index (χ4n) is 1.71. The highest BCUT2D eigenvalue weighted by molar-refractivity contribution is 5.40. The molecule has 0 bridgehead atoms. The van der Waals surface area contributed by atoms with Crippen LogP contribution in [0, 0.1) is 0 Å². The number of hydrogen-bond donors (Lipinski definition) is 2. The minimum atomic E-state index is -0.720. The van der Waals surface area contributed by atoms with E-state index in [0.29, 0.717) is 13.0 Å². The smallest absolute Gasteiger partial charge is 0.127 e. The van der Waals surface area contributed by atoms with Crippen LogP contribution >= 0.6 is 0 Å². The van der Waals surface area contributed by atoms with Gasteiger partial charge in [-0.1, -0.05) is 6.07 Å². The lowest BCUT2D eigenvalue weighted by Gasteiger charge is -2.22. The Balaban J connectivity index is 2.77. The highest BCUT2D eigenvalue weighted by Crippen LogP contribution is 2.26. The quantitative estimate of drug-likeness (QED) is 0.811. The van der Waals surface area contributed by atoms with Crippen LogP contribution in [0.3, 0.4) is 0 Å². The van der Waals surface area contributed by atoms with Crippen molar-refractivity contribution < 1.29 is 14.6 Å². The van der Waals surface area contributed by atoms with Gasteiger partial charge in [0.25, 0.3) is 0 Å². The Hall–Kier alpha value is -1.26. The average molecular weight is 295 g/mol. The van der Waals surface area contributed by atoms with Crippen LogP contribution in [0.1, 0.15) is 46.6 Å². The molecule has 0 aliphatic heterocycles. The molecule has 0 saturated heterocycles. The van der Waals surface area contributed by atoms with Crippen LogP contribution in [0.5, 0.6) is 11.5 Å². The van der Waals surface area contributed by atoms with Gasteiger partial charge in [0.2, 0.25) is 0 Å². The van der Waals surface area contributed by atoms with E-state index in [-0.39, 0.29) is 5.54 Å². The molecule has 1 aromatic carbocycles. The maximum absolute atomic E-state index is 9.76. The Morgan fingerprint density at radius 3 is 2.33 bits per heavy atom. The van der Waals surface area contributed by atoms with Crippen LogP contribution < -0.4 is 14.8 Å². The van der Waals surface area contributed by atoms with E-state index in [9.17, 15) is 5.11 Å².